The molecule has 0 aliphatic carbocycles. The van der Waals surface area contributed by atoms with Crippen molar-refractivity contribution in [3.05, 3.63) is 65.3 Å². The number of aromatic nitrogens is 2. The van der Waals surface area contributed by atoms with Gasteiger partial charge in [-0.3, -0.25) is 0 Å². The first-order valence-electron chi connectivity index (χ1n) is 13.8. The van der Waals surface area contributed by atoms with E-state index in [2.05, 4.69) is 15.5 Å². The van der Waals surface area contributed by atoms with Crippen LogP contribution in [0.1, 0.15) is 25.5 Å². The molecule has 2 aliphatic rings. The summed E-state index contributed by atoms with van der Waals surface area (Å²) in [5.41, 5.74) is 1.61. The van der Waals surface area contributed by atoms with Crippen molar-refractivity contribution in [1.82, 2.24) is 15.3 Å². The highest BCUT2D eigenvalue weighted by molar-refractivity contribution is 7.92. The van der Waals surface area contributed by atoms with E-state index in [0.29, 0.717) is 53.4 Å². The van der Waals surface area contributed by atoms with Gasteiger partial charge in [-0.05, 0) is 68.3 Å². The fraction of sp³-hybridized carbons (Fsp3) is 0.414. The van der Waals surface area contributed by atoms with Crippen molar-refractivity contribution in [2.45, 2.75) is 35.4 Å². The number of aliphatic hydroxyl groups excluding tert-OH is 1. The van der Waals surface area contributed by atoms with Gasteiger partial charge in [-0.1, -0.05) is 11.6 Å². The van der Waals surface area contributed by atoms with Gasteiger partial charge in [-0.15, -0.1) is 0 Å². The summed E-state index contributed by atoms with van der Waals surface area (Å²) in [4.78, 5) is 24.1. The average molecular weight is 616 g/mol. The molecule has 3 N–H and O–H groups in total. The van der Waals surface area contributed by atoms with Gasteiger partial charge < -0.3 is 30.1 Å². The summed E-state index contributed by atoms with van der Waals surface area (Å²) in [6, 6.07) is 14.6. The van der Waals surface area contributed by atoms with Crippen LogP contribution in [0.4, 0.5) is 16.3 Å². The van der Waals surface area contributed by atoms with E-state index in [-0.39, 0.29) is 50.1 Å². The fourth-order valence-corrected chi connectivity index (χ4v) is 7.42. The maximum Gasteiger partial charge on any atom is 0.319 e. The number of hydrogen-bond acceptors (Lipinski definition) is 9. The van der Waals surface area contributed by atoms with Crippen LogP contribution in [0.5, 0.6) is 0 Å². The van der Waals surface area contributed by atoms with Crippen LogP contribution >= 0.6 is 11.6 Å². The zero-order valence-electron chi connectivity index (χ0n) is 23.3. The third-order valence-corrected chi connectivity index (χ3v) is 10.4. The Bertz CT molecular complexity index is 1500. The Morgan fingerprint density at radius 2 is 1.79 bits per heavy atom. The van der Waals surface area contributed by atoms with Crippen LogP contribution in [0.15, 0.2) is 59.5 Å². The van der Waals surface area contributed by atoms with E-state index in [1.54, 1.807) is 42.5 Å². The van der Waals surface area contributed by atoms with Crippen LogP contribution in [-0.2, 0) is 24.1 Å². The van der Waals surface area contributed by atoms with E-state index >= 15 is 0 Å². The molecule has 5 rings (SSSR count). The van der Waals surface area contributed by atoms with Crippen molar-refractivity contribution in [3.8, 4) is 11.4 Å². The predicted octanol–water partition coefficient (Wildman–Crippen LogP) is 3.62. The third-order valence-electron chi connectivity index (χ3n) is 7.58. The molecule has 1 aromatic heterocycles. The first-order valence-corrected chi connectivity index (χ1v) is 15.7. The van der Waals surface area contributed by atoms with Crippen molar-refractivity contribution >= 4 is 39.0 Å². The summed E-state index contributed by atoms with van der Waals surface area (Å²) in [6.07, 6.45) is 0.469. The van der Waals surface area contributed by atoms with Crippen LogP contribution in [0.3, 0.4) is 0 Å². The highest BCUT2D eigenvalue weighted by atomic mass is 35.5. The number of sulfone groups is 1. The second-order valence-electron chi connectivity index (χ2n) is 10.3. The predicted molar refractivity (Wildman–Crippen MR) is 160 cm³/mol. The minimum atomic E-state index is -3.93. The molecule has 2 aromatic carbocycles. The number of carbonyl (C=O) groups excluding carboxylic acids is 1. The maximum atomic E-state index is 14.4. The Morgan fingerprint density at radius 3 is 2.45 bits per heavy atom. The standard InChI is InChI=1S/C29H34ClN5O6S/c1-20-19-41-17-13-35(20)26-18-25(29(10-15-40-16-11-29)42(38,39)24-8-4-22(30)5-9-24)33-27(34-26)21-2-6-23(7-3-21)32-28(37)31-12-14-36/h2-9,18,20,36H,10-17,19H2,1H3,(H2,31,32,37)/t20-/m0/s1. The highest BCUT2D eigenvalue weighted by Gasteiger charge is 2.49. The van der Waals surface area contributed by atoms with Gasteiger partial charge in [0, 0.05) is 48.6 Å². The SMILES string of the molecule is C[C@H]1COCCN1c1cc(C2(S(=O)(=O)c3ccc(Cl)cc3)CCOCC2)nc(-c2ccc(NC(=O)NCCO)cc2)n1. The molecule has 2 amide bonds. The van der Waals surface area contributed by atoms with Gasteiger partial charge in [0.2, 0.25) is 0 Å². The molecule has 11 nitrogen and oxygen atoms in total. The van der Waals surface area contributed by atoms with Gasteiger partial charge in [0.1, 0.15) is 10.6 Å². The molecule has 3 heterocycles. The Morgan fingerprint density at radius 1 is 1.07 bits per heavy atom. The molecule has 0 bridgehead atoms. The molecule has 2 fully saturated rings. The van der Waals surface area contributed by atoms with E-state index in [1.165, 1.54) is 12.1 Å². The van der Waals surface area contributed by atoms with Crippen molar-refractivity contribution in [1.29, 1.82) is 0 Å². The molecular weight excluding hydrogens is 582 g/mol. The minimum Gasteiger partial charge on any atom is -0.395 e. The number of hydrogen-bond donors (Lipinski definition) is 3. The van der Waals surface area contributed by atoms with Crippen LogP contribution < -0.4 is 15.5 Å². The molecule has 3 aromatic rings. The van der Waals surface area contributed by atoms with Crippen molar-refractivity contribution in [3.63, 3.8) is 0 Å². The first kappa shape index (κ1) is 30.2. The van der Waals surface area contributed by atoms with Crippen LogP contribution in [0.25, 0.3) is 11.4 Å². The van der Waals surface area contributed by atoms with Crippen molar-refractivity contribution in [2.24, 2.45) is 0 Å². The molecular formula is C29H34ClN5O6S. The molecule has 0 saturated carbocycles. The zero-order valence-corrected chi connectivity index (χ0v) is 24.8. The van der Waals surface area contributed by atoms with Crippen LogP contribution in [-0.4, -0.2) is 81.7 Å². The Balaban J connectivity index is 1.60. The molecule has 0 radical (unpaired) electrons. The monoisotopic (exact) mass is 615 g/mol. The number of carbonyl (C=O) groups is 1. The highest BCUT2D eigenvalue weighted by Crippen LogP contribution is 2.44. The lowest BCUT2D eigenvalue weighted by molar-refractivity contribution is 0.0729. The van der Waals surface area contributed by atoms with E-state index in [4.69, 9.17) is 36.1 Å². The summed E-state index contributed by atoms with van der Waals surface area (Å²) in [5.74, 6) is 0.989. The van der Waals surface area contributed by atoms with Gasteiger partial charge in [-0.2, -0.15) is 0 Å². The number of nitrogens with one attached hydrogen (secondary N) is 2. The number of nitrogens with zero attached hydrogens (tertiary/aromatic N) is 3. The molecule has 0 spiro atoms. The summed E-state index contributed by atoms with van der Waals surface area (Å²) < 4.78 is 38.7. The first-order chi connectivity index (χ1) is 20.2. The molecule has 1 atom stereocenters. The molecule has 2 aliphatic heterocycles. The zero-order chi connectivity index (χ0) is 29.7. The summed E-state index contributed by atoms with van der Waals surface area (Å²) in [5, 5.41) is 14.6. The molecule has 2 saturated heterocycles. The number of benzene rings is 2. The second-order valence-corrected chi connectivity index (χ2v) is 13.0. The molecule has 224 valence electrons. The quantitative estimate of drug-likeness (QED) is 0.346. The van der Waals surface area contributed by atoms with Crippen LogP contribution in [0, 0.1) is 0 Å². The number of rotatable bonds is 8. The topological polar surface area (TPSA) is 143 Å². The number of urea groups is 1. The summed E-state index contributed by atoms with van der Waals surface area (Å²) in [7, 11) is -3.93. The summed E-state index contributed by atoms with van der Waals surface area (Å²) in [6.45, 7) is 4.21. The van der Waals surface area contributed by atoms with Crippen LogP contribution in [0.2, 0.25) is 5.02 Å². The van der Waals surface area contributed by atoms with Gasteiger partial charge in [0.15, 0.2) is 15.7 Å². The van der Waals surface area contributed by atoms with E-state index in [9.17, 15) is 13.2 Å². The Labute approximate surface area is 250 Å². The van der Waals surface area contributed by atoms with E-state index in [1.807, 2.05) is 6.92 Å². The largest absolute Gasteiger partial charge is 0.395 e. The van der Waals surface area contributed by atoms with E-state index < -0.39 is 20.6 Å². The lowest BCUT2D eigenvalue weighted by Crippen LogP contribution is -2.45. The number of halogens is 1. The normalized spacial score (nSPS) is 18.8. The lowest BCUT2D eigenvalue weighted by Gasteiger charge is -2.38. The Kier molecular flexibility index (Phi) is 9.28. The molecule has 0 unspecified atom stereocenters. The van der Waals surface area contributed by atoms with Gasteiger partial charge >= 0.3 is 6.03 Å². The summed E-state index contributed by atoms with van der Waals surface area (Å²) >= 11 is 6.08. The Hall–Kier alpha value is -3.29. The number of ether oxygens (including phenoxy) is 2. The van der Waals surface area contributed by atoms with Gasteiger partial charge in [0.05, 0.1) is 36.5 Å². The van der Waals surface area contributed by atoms with Crippen molar-refractivity contribution < 1.29 is 27.8 Å². The average Bonchev–Trinajstić information content (AvgIpc) is 3.01. The van der Waals surface area contributed by atoms with Gasteiger partial charge in [0.25, 0.3) is 0 Å². The van der Waals surface area contributed by atoms with Gasteiger partial charge in [-0.25, -0.2) is 23.2 Å². The van der Waals surface area contributed by atoms with E-state index in [0.717, 1.165) is 0 Å². The number of amides is 2. The smallest absolute Gasteiger partial charge is 0.319 e. The maximum absolute atomic E-state index is 14.4. The second kappa shape index (κ2) is 12.9. The number of anilines is 2. The third kappa shape index (κ3) is 6.23. The fourth-order valence-electron chi connectivity index (χ4n) is 5.26. The molecule has 42 heavy (non-hydrogen) atoms. The number of morpholine rings is 1. The lowest BCUT2D eigenvalue weighted by atomic mass is 9.94. The minimum absolute atomic E-state index is 0.0249. The number of aliphatic hydroxyl groups is 1. The molecule has 13 heteroatoms. The van der Waals surface area contributed by atoms with Crippen molar-refractivity contribution in [2.75, 3.05) is 56.3 Å².